The van der Waals surface area contributed by atoms with Crippen LogP contribution < -0.4 is 20.1 Å². The number of hydrogen-bond donors (Lipinski definition) is 2. The summed E-state index contributed by atoms with van der Waals surface area (Å²) in [5.41, 5.74) is 1.97. The minimum atomic E-state index is -0.327. The number of hydrogen-bond acceptors (Lipinski definition) is 6. The second-order valence-electron chi connectivity index (χ2n) is 6.12. The van der Waals surface area contributed by atoms with Gasteiger partial charge < -0.3 is 20.1 Å². The molecule has 0 atom stereocenters. The van der Waals surface area contributed by atoms with Crippen molar-refractivity contribution in [3.63, 3.8) is 0 Å². The Morgan fingerprint density at radius 3 is 2.41 bits per heavy atom. The van der Waals surface area contributed by atoms with Gasteiger partial charge in [-0.15, -0.1) is 0 Å². The van der Waals surface area contributed by atoms with Crippen LogP contribution in [0.3, 0.4) is 0 Å². The van der Waals surface area contributed by atoms with Crippen molar-refractivity contribution in [3.05, 3.63) is 77.4 Å². The second kappa shape index (κ2) is 9.50. The molecule has 0 spiro atoms. The lowest BCUT2D eigenvalue weighted by molar-refractivity contribution is 0.0946. The summed E-state index contributed by atoms with van der Waals surface area (Å²) < 4.78 is 23.4. The van der Waals surface area contributed by atoms with Gasteiger partial charge in [0.2, 0.25) is 5.95 Å². The minimum absolute atomic E-state index is 0.238. The predicted octanol–water partition coefficient (Wildman–Crippen LogP) is 3.18. The van der Waals surface area contributed by atoms with Gasteiger partial charge in [-0.3, -0.25) is 4.79 Å². The highest BCUT2D eigenvalue weighted by atomic mass is 19.1. The lowest BCUT2D eigenvalue weighted by Crippen LogP contribution is -2.24. The van der Waals surface area contributed by atoms with Gasteiger partial charge in [-0.05, 0) is 41.5 Å². The molecule has 3 rings (SSSR count). The Balaban J connectivity index is 1.59. The zero-order chi connectivity index (χ0) is 20.6. The van der Waals surface area contributed by atoms with Crippen LogP contribution in [-0.2, 0) is 13.1 Å². The maximum atomic E-state index is 13.0. The molecule has 0 unspecified atom stereocenters. The van der Waals surface area contributed by atoms with E-state index in [0.717, 1.165) is 11.1 Å². The number of ether oxygens (including phenoxy) is 2. The zero-order valence-corrected chi connectivity index (χ0v) is 16.1. The number of benzene rings is 2. The van der Waals surface area contributed by atoms with E-state index in [9.17, 15) is 9.18 Å². The van der Waals surface area contributed by atoms with E-state index in [1.165, 1.54) is 24.4 Å². The molecule has 1 amide bonds. The number of carbonyl (C=O) groups is 1. The summed E-state index contributed by atoms with van der Waals surface area (Å²) in [4.78, 5) is 20.8. The molecule has 1 aromatic heterocycles. The summed E-state index contributed by atoms with van der Waals surface area (Å²) in [6.45, 7) is 0.721. The van der Waals surface area contributed by atoms with Crippen molar-refractivity contribution in [2.24, 2.45) is 0 Å². The standard InChI is InChI=1S/C21H21FN4O3/c1-28-18-8-5-15(11-19(18)29-2)13-24-20(27)17-9-10-23-21(26-17)25-12-14-3-6-16(22)7-4-14/h3-11H,12-13H2,1-2H3,(H,24,27)(H,23,25,26). The predicted molar refractivity (Wildman–Crippen MR) is 106 cm³/mol. The fourth-order valence-electron chi connectivity index (χ4n) is 2.62. The number of rotatable bonds is 8. The molecule has 7 nitrogen and oxygen atoms in total. The second-order valence-corrected chi connectivity index (χ2v) is 6.12. The number of methoxy groups -OCH3 is 2. The van der Waals surface area contributed by atoms with Crippen LogP contribution in [0.2, 0.25) is 0 Å². The Bertz CT molecular complexity index is 980. The Morgan fingerprint density at radius 2 is 1.69 bits per heavy atom. The first-order valence-corrected chi connectivity index (χ1v) is 8.89. The number of carbonyl (C=O) groups excluding carboxylic acids is 1. The van der Waals surface area contributed by atoms with Gasteiger partial charge in [-0.1, -0.05) is 18.2 Å². The molecule has 3 aromatic rings. The molecule has 0 aliphatic rings. The molecule has 0 saturated carbocycles. The molecule has 0 aliphatic heterocycles. The number of aromatic nitrogens is 2. The van der Waals surface area contributed by atoms with Crippen LogP contribution in [0, 0.1) is 5.82 Å². The first-order chi connectivity index (χ1) is 14.1. The summed E-state index contributed by atoms with van der Waals surface area (Å²) in [6.07, 6.45) is 1.51. The maximum Gasteiger partial charge on any atom is 0.270 e. The van der Waals surface area contributed by atoms with Crippen molar-refractivity contribution >= 4 is 11.9 Å². The third-order valence-electron chi connectivity index (χ3n) is 4.15. The molecule has 2 N–H and O–H groups in total. The van der Waals surface area contributed by atoms with Crippen LogP contribution in [0.25, 0.3) is 0 Å². The molecular formula is C21H21FN4O3. The van der Waals surface area contributed by atoms with Gasteiger partial charge in [-0.25, -0.2) is 14.4 Å². The topological polar surface area (TPSA) is 85.4 Å². The van der Waals surface area contributed by atoms with Gasteiger partial charge in [0.15, 0.2) is 11.5 Å². The largest absolute Gasteiger partial charge is 0.493 e. The van der Waals surface area contributed by atoms with Gasteiger partial charge in [0.25, 0.3) is 5.91 Å². The van der Waals surface area contributed by atoms with Crippen molar-refractivity contribution in [1.82, 2.24) is 15.3 Å². The van der Waals surface area contributed by atoms with E-state index in [1.807, 2.05) is 6.07 Å². The van der Waals surface area contributed by atoms with E-state index in [4.69, 9.17) is 9.47 Å². The maximum absolute atomic E-state index is 13.0. The van der Waals surface area contributed by atoms with Crippen molar-refractivity contribution in [2.45, 2.75) is 13.1 Å². The van der Waals surface area contributed by atoms with Crippen molar-refractivity contribution in [2.75, 3.05) is 19.5 Å². The third-order valence-corrected chi connectivity index (χ3v) is 4.15. The molecule has 150 valence electrons. The first-order valence-electron chi connectivity index (χ1n) is 8.89. The van der Waals surface area contributed by atoms with Crippen molar-refractivity contribution < 1.29 is 18.7 Å². The van der Waals surface area contributed by atoms with Crippen LogP contribution in [-0.4, -0.2) is 30.1 Å². The van der Waals surface area contributed by atoms with E-state index in [2.05, 4.69) is 20.6 Å². The SMILES string of the molecule is COc1ccc(CNC(=O)c2ccnc(NCc3ccc(F)cc3)n2)cc1OC. The Hall–Kier alpha value is -3.68. The Labute approximate surface area is 167 Å². The number of amides is 1. The monoisotopic (exact) mass is 396 g/mol. The van der Waals surface area contributed by atoms with E-state index in [-0.39, 0.29) is 17.4 Å². The molecule has 0 fully saturated rings. The van der Waals surface area contributed by atoms with Crippen molar-refractivity contribution in [1.29, 1.82) is 0 Å². The molecular weight excluding hydrogens is 375 g/mol. The molecule has 0 radical (unpaired) electrons. The van der Waals surface area contributed by atoms with Crippen LogP contribution in [0.15, 0.2) is 54.7 Å². The fraction of sp³-hybridized carbons (Fsp3) is 0.190. The lowest BCUT2D eigenvalue weighted by Gasteiger charge is -2.10. The first kappa shape index (κ1) is 20.1. The molecule has 2 aromatic carbocycles. The van der Waals surface area contributed by atoms with Crippen LogP contribution >= 0.6 is 0 Å². The Kier molecular flexibility index (Phi) is 6.57. The Morgan fingerprint density at radius 1 is 0.966 bits per heavy atom. The van der Waals surface area contributed by atoms with E-state index in [1.54, 1.807) is 38.5 Å². The van der Waals surface area contributed by atoms with Crippen LogP contribution in [0.1, 0.15) is 21.6 Å². The summed E-state index contributed by atoms with van der Waals surface area (Å²) in [5, 5.41) is 5.84. The van der Waals surface area contributed by atoms with E-state index < -0.39 is 0 Å². The van der Waals surface area contributed by atoms with E-state index in [0.29, 0.717) is 30.5 Å². The van der Waals surface area contributed by atoms with Gasteiger partial charge in [-0.2, -0.15) is 0 Å². The zero-order valence-electron chi connectivity index (χ0n) is 16.1. The molecule has 29 heavy (non-hydrogen) atoms. The highest BCUT2D eigenvalue weighted by Gasteiger charge is 2.10. The smallest absolute Gasteiger partial charge is 0.270 e. The third kappa shape index (κ3) is 5.41. The molecule has 0 saturated heterocycles. The number of nitrogens with one attached hydrogen (secondary N) is 2. The molecule has 0 aliphatic carbocycles. The average molecular weight is 396 g/mol. The minimum Gasteiger partial charge on any atom is -0.493 e. The number of anilines is 1. The van der Waals surface area contributed by atoms with Gasteiger partial charge in [0.1, 0.15) is 11.5 Å². The van der Waals surface area contributed by atoms with E-state index >= 15 is 0 Å². The molecule has 0 bridgehead atoms. The highest BCUT2D eigenvalue weighted by molar-refractivity contribution is 5.92. The summed E-state index contributed by atoms with van der Waals surface area (Å²) >= 11 is 0. The van der Waals surface area contributed by atoms with Crippen molar-refractivity contribution in [3.8, 4) is 11.5 Å². The summed E-state index contributed by atoms with van der Waals surface area (Å²) in [5.74, 6) is 0.905. The van der Waals surface area contributed by atoms with Gasteiger partial charge in [0, 0.05) is 19.3 Å². The molecule has 8 heteroatoms. The lowest BCUT2D eigenvalue weighted by atomic mass is 10.2. The van der Waals surface area contributed by atoms with Gasteiger partial charge >= 0.3 is 0 Å². The number of halogens is 1. The number of nitrogens with zero attached hydrogens (tertiary/aromatic N) is 2. The summed E-state index contributed by atoms with van der Waals surface area (Å²) in [7, 11) is 3.12. The van der Waals surface area contributed by atoms with Crippen LogP contribution in [0.5, 0.6) is 11.5 Å². The quantitative estimate of drug-likeness (QED) is 0.608. The fourth-order valence-corrected chi connectivity index (χ4v) is 2.62. The van der Waals surface area contributed by atoms with Gasteiger partial charge in [0.05, 0.1) is 14.2 Å². The highest BCUT2D eigenvalue weighted by Crippen LogP contribution is 2.27. The average Bonchev–Trinajstić information content (AvgIpc) is 2.77. The molecule has 1 heterocycles. The normalized spacial score (nSPS) is 10.3. The van der Waals surface area contributed by atoms with Crippen LogP contribution in [0.4, 0.5) is 10.3 Å². The summed E-state index contributed by atoms with van der Waals surface area (Å²) in [6, 6.07) is 13.1.